The average Bonchev–Trinajstić information content (AvgIpc) is 2.88. The number of hydrazone groups is 1. The predicted octanol–water partition coefficient (Wildman–Crippen LogP) is 3.84. The first-order chi connectivity index (χ1) is 17.2. The van der Waals surface area contributed by atoms with E-state index in [4.69, 9.17) is 14.2 Å². The van der Waals surface area contributed by atoms with Crippen molar-refractivity contribution >= 4 is 27.8 Å². The Kier molecular flexibility index (Phi) is 8.91. The minimum atomic E-state index is -4.13. The highest BCUT2D eigenvalue weighted by atomic mass is 32.2. The zero-order chi connectivity index (χ0) is 26.1. The Hall–Kier alpha value is -4.05. The lowest BCUT2D eigenvalue weighted by Crippen LogP contribution is -2.39. The second-order valence-corrected chi connectivity index (χ2v) is 9.75. The van der Waals surface area contributed by atoms with Crippen molar-refractivity contribution in [2.24, 2.45) is 5.10 Å². The van der Waals surface area contributed by atoms with E-state index < -0.39 is 22.5 Å². The van der Waals surface area contributed by atoms with Gasteiger partial charge in [-0.2, -0.15) is 5.10 Å². The van der Waals surface area contributed by atoms with Crippen LogP contribution in [0, 0.1) is 0 Å². The zero-order valence-corrected chi connectivity index (χ0v) is 21.4. The van der Waals surface area contributed by atoms with Crippen molar-refractivity contribution in [2.45, 2.75) is 24.8 Å². The van der Waals surface area contributed by atoms with Gasteiger partial charge in [0.2, 0.25) is 0 Å². The molecular formula is C26H29N3O6S. The molecular weight excluding hydrogens is 482 g/mol. The van der Waals surface area contributed by atoms with Crippen LogP contribution in [-0.2, 0) is 14.8 Å². The van der Waals surface area contributed by atoms with Crippen molar-refractivity contribution in [3.63, 3.8) is 0 Å². The fourth-order valence-electron chi connectivity index (χ4n) is 3.26. The SMILES string of the molecule is COc1ccc(OC)c(N(CC(=O)N/N=C\c2ccc(OC(C)C)cc2)S(=O)(=O)c2ccccc2)c1. The number of amides is 1. The van der Waals surface area contributed by atoms with Gasteiger partial charge in [-0.1, -0.05) is 18.2 Å². The molecule has 0 spiro atoms. The summed E-state index contributed by atoms with van der Waals surface area (Å²) in [4.78, 5) is 12.8. The van der Waals surface area contributed by atoms with Crippen LogP contribution in [0.25, 0.3) is 0 Å². The minimum absolute atomic E-state index is 0.0230. The Morgan fingerprint density at radius 1 is 0.972 bits per heavy atom. The molecule has 0 saturated heterocycles. The number of methoxy groups -OCH3 is 2. The monoisotopic (exact) mass is 511 g/mol. The van der Waals surface area contributed by atoms with Gasteiger partial charge in [-0.25, -0.2) is 13.8 Å². The number of nitrogens with one attached hydrogen (secondary N) is 1. The van der Waals surface area contributed by atoms with E-state index in [1.807, 2.05) is 13.8 Å². The summed E-state index contributed by atoms with van der Waals surface area (Å²) < 4.78 is 44.3. The van der Waals surface area contributed by atoms with E-state index in [1.165, 1.54) is 38.6 Å². The van der Waals surface area contributed by atoms with Gasteiger partial charge >= 0.3 is 0 Å². The molecule has 3 aromatic rings. The van der Waals surface area contributed by atoms with Crippen LogP contribution in [0.15, 0.2) is 82.8 Å². The second kappa shape index (κ2) is 12.1. The molecule has 3 rings (SSSR count). The Morgan fingerprint density at radius 2 is 1.64 bits per heavy atom. The molecule has 3 aromatic carbocycles. The van der Waals surface area contributed by atoms with E-state index in [1.54, 1.807) is 54.6 Å². The summed E-state index contributed by atoms with van der Waals surface area (Å²) in [6, 6.07) is 19.7. The van der Waals surface area contributed by atoms with Gasteiger partial charge in [-0.3, -0.25) is 9.10 Å². The Bertz CT molecular complexity index is 1290. The fourth-order valence-corrected chi connectivity index (χ4v) is 4.70. The van der Waals surface area contributed by atoms with Gasteiger partial charge in [0.05, 0.1) is 37.1 Å². The molecule has 1 amide bonds. The zero-order valence-electron chi connectivity index (χ0n) is 20.5. The van der Waals surface area contributed by atoms with E-state index >= 15 is 0 Å². The molecule has 0 aromatic heterocycles. The summed E-state index contributed by atoms with van der Waals surface area (Å²) in [7, 11) is -1.25. The first-order valence-corrected chi connectivity index (χ1v) is 12.6. The molecule has 0 atom stereocenters. The lowest BCUT2D eigenvalue weighted by molar-refractivity contribution is -0.119. The smallest absolute Gasteiger partial charge is 0.264 e. The summed E-state index contributed by atoms with van der Waals surface area (Å²) in [6.45, 7) is 3.33. The number of carbonyl (C=O) groups excluding carboxylic acids is 1. The van der Waals surface area contributed by atoms with Crippen LogP contribution in [0.2, 0.25) is 0 Å². The molecule has 0 bridgehead atoms. The normalized spacial score (nSPS) is 11.4. The summed E-state index contributed by atoms with van der Waals surface area (Å²) in [5.74, 6) is 0.744. The third kappa shape index (κ3) is 6.76. The standard InChI is InChI=1S/C26H29N3O6S/c1-19(2)35-21-12-10-20(11-13-21)17-27-28-26(30)18-29(36(31,32)23-8-6-5-7-9-23)24-16-22(33-3)14-15-25(24)34-4/h5-17,19H,18H2,1-4H3,(H,28,30)/b27-17-. The molecule has 0 aliphatic heterocycles. The topological polar surface area (TPSA) is 107 Å². The second-order valence-electron chi connectivity index (χ2n) is 7.89. The van der Waals surface area contributed by atoms with E-state index in [0.717, 1.165) is 15.6 Å². The summed E-state index contributed by atoms with van der Waals surface area (Å²) in [5, 5.41) is 3.97. The fraction of sp³-hybridized carbons (Fsp3) is 0.231. The van der Waals surface area contributed by atoms with Crippen LogP contribution in [-0.4, -0.2) is 47.4 Å². The molecule has 190 valence electrons. The van der Waals surface area contributed by atoms with E-state index in [0.29, 0.717) is 5.75 Å². The van der Waals surface area contributed by atoms with E-state index in [9.17, 15) is 13.2 Å². The quantitative estimate of drug-likeness (QED) is 0.310. The highest BCUT2D eigenvalue weighted by Gasteiger charge is 2.29. The maximum Gasteiger partial charge on any atom is 0.264 e. The third-order valence-corrected chi connectivity index (χ3v) is 6.70. The molecule has 10 heteroatoms. The van der Waals surface area contributed by atoms with E-state index in [-0.39, 0.29) is 22.4 Å². The lowest BCUT2D eigenvalue weighted by atomic mass is 10.2. The molecule has 0 heterocycles. The minimum Gasteiger partial charge on any atom is -0.497 e. The summed E-state index contributed by atoms with van der Waals surface area (Å²) >= 11 is 0. The largest absolute Gasteiger partial charge is 0.497 e. The van der Waals surface area contributed by atoms with Crippen LogP contribution < -0.4 is 23.9 Å². The molecule has 0 aliphatic carbocycles. The summed E-state index contributed by atoms with van der Waals surface area (Å²) in [6.07, 6.45) is 1.52. The van der Waals surface area contributed by atoms with Crippen molar-refractivity contribution in [3.8, 4) is 17.2 Å². The van der Waals surface area contributed by atoms with Gasteiger partial charge in [0, 0.05) is 6.07 Å². The molecule has 0 unspecified atom stereocenters. The number of hydrogen-bond acceptors (Lipinski definition) is 7. The Labute approximate surface area is 211 Å². The first kappa shape index (κ1) is 26.6. The van der Waals surface area contributed by atoms with Gasteiger partial charge < -0.3 is 14.2 Å². The van der Waals surface area contributed by atoms with Crippen LogP contribution >= 0.6 is 0 Å². The van der Waals surface area contributed by atoms with Gasteiger partial charge in [0.1, 0.15) is 23.8 Å². The number of benzene rings is 3. The van der Waals surface area contributed by atoms with Gasteiger partial charge in [0.25, 0.3) is 15.9 Å². The molecule has 0 fully saturated rings. The number of carbonyl (C=O) groups is 1. The predicted molar refractivity (Wildman–Crippen MR) is 138 cm³/mol. The Morgan fingerprint density at radius 3 is 2.25 bits per heavy atom. The molecule has 1 N–H and O–H groups in total. The third-order valence-electron chi connectivity index (χ3n) is 4.93. The van der Waals surface area contributed by atoms with Crippen molar-refractivity contribution < 1.29 is 27.4 Å². The molecule has 0 saturated carbocycles. The number of anilines is 1. The van der Waals surface area contributed by atoms with Crippen LogP contribution in [0.3, 0.4) is 0 Å². The van der Waals surface area contributed by atoms with Gasteiger partial charge in [-0.15, -0.1) is 0 Å². The van der Waals surface area contributed by atoms with Crippen LogP contribution in [0.1, 0.15) is 19.4 Å². The van der Waals surface area contributed by atoms with E-state index in [2.05, 4.69) is 10.5 Å². The maximum atomic E-state index is 13.5. The average molecular weight is 512 g/mol. The number of sulfonamides is 1. The highest BCUT2D eigenvalue weighted by Crippen LogP contribution is 2.35. The van der Waals surface area contributed by atoms with Crippen molar-refractivity contribution in [1.29, 1.82) is 0 Å². The first-order valence-electron chi connectivity index (χ1n) is 11.1. The highest BCUT2D eigenvalue weighted by molar-refractivity contribution is 7.92. The molecule has 0 aliphatic rings. The van der Waals surface area contributed by atoms with Crippen LogP contribution in [0.4, 0.5) is 5.69 Å². The Balaban J connectivity index is 1.84. The lowest BCUT2D eigenvalue weighted by Gasteiger charge is -2.25. The number of hydrogen-bond donors (Lipinski definition) is 1. The van der Waals surface area contributed by atoms with Gasteiger partial charge in [-0.05, 0) is 67.9 Å². The molecule has 0 radical (unpaired) electrons. The van der Waals surface area contributed by atoms with Crippen molar-refractivity contribution in [2.75, 3.05) is 25.1 Å². The number of rotatable bonds is 11. The van der Waals surface area contributed by atoms with Crippen molar-refractivity contribution in [1.82, 2.24) is 5.43 Å². The molecule has 36 heavy (non-hydrogen) atoms. The summed E-state index contributed by atoms with van der Waals surface area (Å²) in [5.41, 5.74) is 3.27. The van der Waals surface area contributed by atoms with Crippen molar-refractivity contribution in [3.05, 3.63) is 78.4 Å². The van der Waals surface area contributed by atoms with Gasteiger partial charge in [0.15, 0.2) is 0 Å². The maximum absolute atomic E-state index is 13.5. The molecule has 9 nitrogen and oxygen atoms in total. The number of nitrogens with zero attached hydrogens (tertiary/aromatic N) is 2. The number of ether oxygens (including phenoxy) is 3. The van der Waals surface area contributed by atoms with Crippen LogP contribution in [0.5, 0.6) is 17.2 Å².